The lowest BCUT2D eigenvalue weighted by atomic mass is 10.1. The van der Waals surface area contributed by atoms with E-state index in [0.29, 0.717) is 0 Å². The Morgan fingerprint density at radius 1 is 1.28 bits per heavy atom. The van der Waals surface area contributed by atoms with E-state index in [1.54, 1.807) is 0 Å². The van der Waals surface area contributed by atoms with Gasteiger partial charge in [-0.3, -0.25) is 0 Å². The first-order valence-electron chi connectivity index (χ1n) is 7.02. The average Bonchev–Trinajstić information content (AvgIpc) is 3.17. The van der Waals surface area contributed by atoms with Crippen LogP contribution in [0.2, 0.25) is 0 Å². The van der Waals surface area contributed by atoms with Gasteiger partial charge < -0.3 is 9.88 Å². The molecule has 1 aromatic carbocycles. The molecule has 0 radical (unpaired) electrons. The van der Waals surface area contributed by atoms with Crippen LogP contribution in [0.1, 0.15) is 36.6 Å². The minimum atomic E-state index is 0.781. The molecule has 0 unspecified atom stereocenters. The Bertz CT molecular complexity index is 576. The van der Waals surface area contributed by atoms with E-state index in [4.69, 9.17) is 0 Å². The highest BCUT2D eigenvalue weighted by molar-refractivity contribution is 5.86. The second-order valence-electron chi connectivity index (χ2n) is 5.46. The highest BCUT2D eigenvalue weighted by Gasteiger charge is 2.20. The normalized spacial score (nSPS) is 15.5. The number of nitrogens with zero attached hydrogens (tertiary/aromatic N) is 1. The first-order valence-corrected chi connectivity index (χ1v) is 7.02. The topological polar surface area (TPSA) is 17.0 Å². The standard InChI is InChI=1S/C16H22N2/c1-4-18-12(3)11(2)15-9-13(5-8-16(15)18)10-17-14-6-7-14/h5,8-9,14,17H,4,6-7,10H2,1-3H3. The molecule has 0 amide bonds. The van der Waals surface area contributed by atoms with Crippen LogP contribution in [0.4, 0.5) is 0 Å². The lowest BCUT2D eigenvalue weighted by Crippen LogP contribution is -2.15. The molecular weight excluding hydrogens is 220 g/mol. The van der Waals surface area contributed by atoms with Crippen molar-refractivity contribution in [2.45, 2.75) is 52.7 Å². The van der Waals surface area contributed by atoms with Crippen molar-refractivity contribution >= 4 is 10.9 Å². The van der Waals surface area contributed by atoms with E-state index < -0.39 is 0 Å². The molecule has 1 fully saturated rings. The molecule has 1 aliphatic rings. The summed E-state index contributed by atoms with van der Waals surface area (Å²) >= 11 is 0. The molecule has 18 heavy (non-hydrogen) atoms. The number of fused-ring (bicyclic) bond motifs is 1. The second-order valence-corrected chi connectivity index (χ2v) is 5.46. The van der Waals surface area contributed by atoms with Gasteiger partial charge in [-0.25, -0.2) is 0 Å². The minimum Gasteiger partial charge on any atom is -0.345 e. The van der Waals surface area contributed by atoms with Crippen molar-refractivity contribution in [2.75, 3.05) is 0 Å². The summed E-state index contributed by atoms with van der Waals surface area (Å²) in [7, 11) is 0. The maximum atomic E-state index is 3.59. The quantitative estimate of drug-likeness (QED) is 0.868. The van der Waals surface area contributed by atoms with E-state index in [2.05, 4.69) is 48.9 Å². The number of aryl methyl sites for hydroxylation is 2. The molecule has 1 aliphatic carbocycles. The molecule has 1 N–H and O–H groups in total. The summed E-state index contributed by atoms with van der Waals surface area (Å²) in [5.41, 5.74) is 5.62. The highest BCUT2D eigenvalue weighted by atomic mass is 15.0. The molecule has 0 atom stereocenters. The maximum absolute atomic E-state index is 3.59. The summed E-state index contributed by atoms with van der Waals surface area (Å²) in [4.78, 5) is 0. The summed E-state index contributed by atoms with van der Waals surface area (Å²) in [6.45, 7) is 8.74. The van der Waals surface area contributed by atoms with Crippen LogP contribution in [0.3, 0.4) is 0 Å². The van der Waals surface area contributed by atoms with E-state index in [1.807, 2.05) is 0 Å². The van der Waals surface area contributed by atoms with Crippen molar-refractivity contribution < 1.29 is 0 Å². The van der Waals surface area contributed by atoms with Crippen molar-refractivity contribution in [1.29, 1.82) is 0 Å². The molecule has 1 saturated carbocycles. The molecule has 1 heterocycles. The Labute approximate surface area is 109 Å². The molecule has 0 aliphatic heterocycles. The largest absolute Gasteiger partial charge is 0.345 e. The van der Waals surface area contributed by atoms with Gasteiger partial charge in [0.1, 0.15) is 0 Å². The van der Waals surface area contributed by atoms with Crippen molar-refractivity contribution in [3.05, 3.63) is 35.0 Å². The van der Waals surface area contributed by atoms with Crippen molar-refractivity contribution in [2.24, 2.45) is 0 Å². The molecule has 2 aromatic rings. The van der Waals surface area contributed by atoms with Gasteiger partial charge in [0.05, 0.1) is 0 Å². The van der Waals surface area contributed by atoms with Crippen LogP contribution in [-0.2, 0) is 13.1 Å². The lowest BCUT2D eigenvalue weighted by Gasteiger charge is -2.06. The Balaban J connectivity index is 1.97. The summed E-state index contributed by atoms with van der Waals surface area (Å²) in [6.07, 6.45) is 2.71. The molecule has 0 bridgehead atoms. The monoisotopic (exact) mass is 242 g/mol. The van der Waals surface area contributed by atoms with Crippen LogP contribution in [-0.4, -0.2) is 10.6 Å². The molecule has 2 nitrogen and oxygen atoms in total. The Hall–Kier alpha value is -1.28. The number of hydrogen-bond donors (Lipinski definition) is 1. The third-order valence-corrected chi connectivity index (χ3v) is 4.19. The lowest BCUT2D eigenvalue weighted by molar-refractivity contribution is 0.688. The average molecular weight is 242 g/mol. The number of nitrogens with one attached hydrogen (secondary N) is 1. The molecule has 0 spiro atoms. The fraction of sp³-hybridized carbons (Fsp3) is 0.500. The van der Waals surface area contributed by atoms with Crippen LogP contribution in [0.25, 0.3) is 10.9 Å². The second kappa shape index (κ2) is 4.43. The third-order valence-electron chi connectivity index (χ3n) is 4.19. The fourth-order valence-corrected chi connectivity index (χ4v) is 2.76. The van der Waals surface area contributed by atoms with Gasteiger partial charge in [-0.15, -0.1) is 0 Å². The fourth-order valence-electron chi connectivity index (χ4n) is 2.76. The molecule has 0 saturated heterocycles. The Morgan fingerprint density at radius 3 is 2.72 bits per heavy atom. The number of hydrogen-bond acceptors (Lipinski definition) is 1. The summed E-state index contributed by atoms with van der Waals surface area (Å²) in [6, 6.07) is 7.69. The molecule has 96 valence electrons. The predicted octanol–water partition coefficient (Wildman–Crippen LogP) is 3.53. The first kappa shape index (κ1) is 11.8. The number of benzene rings is 1. The van der Waals surface area contributed by atoms with Gasteiger partial charge >= 0.3 is 0 Å². The van der Waals surface area contributed by atoms with E-state index in [-0.39, 0.29) is 0 Å². The van der Waals surface area contributed by atoms with E-state index >= 15 is 0 Å². The smallest absolute Gasteiger partial charge is 0.0485 e. The zero-order chi connectivity index (χ0) is 12.7. The van der Waals surface area contributed by atoms with Crippen molar-refractivity contribution in [3.8, 4) is 0 Å². The van der Waals surface area contributed by atoms with Gasteiger partial charge in [-0.1, -0.05) is 6.07 Å². The third kappa shape index (κ3) is 1.95. The van der Waals surface area contributed by atoms with Gasteiger partial charge in [0.2, 0.25) is 0 Å². The predicted molar refractivity (Wildman–Crippen MR) is 76.9 cm³/mol. The van der Waals surface area contributed by atoms with Gasteiger partial charge in [-0.2, -0.15) is 0 Å². The number of aromatic nitrogens is 1. The Kier molecular flexibility index (Phi) is 2.90. The zero-order valence-corrected chi connectivity index (χ0v) is 11.6. The molecule has 2 heteroatoms. The van der Waals surface area contributed by atoms with Crippen LogP contribution in [0, 0.1) is 13.8 Å². The first-order chi connectivity index (χ1) is 8.70. The van der Waals surface area contributed by atoms with E-state index in [1.165, 1.54) is 40.6 Å². The molecule has 3 rings (SSSR count). The number of rotatable bonds is 4. The highest BCUT2D eigenvalue weighted by Crippen LogP contribution is 2.26. The molecular formula is C16H22N2. The van der Waals surface area contributed by atoms with Crippen LogP contribution >= 0.6 is 0 Å². The minimum absolute atomic E-state index is 0.781. The molecule has 1 aromatic heterocycles. The van der Waals surface area contributed by atoms with E-state index in [9.17, 15) is 0 Å². The zero-order valence-electron chi connectivity index (χ0n) is 11.6. The summed E-state index contributed by atoms with van der Waals surface area (Å²) in [5.74, 6) is 0. The Morgan fingerprint density at radius 2 is 2.06 bits per heavy atom. The van der Waals surface area contributed by atoms with Gasteiger partial charge in [0.25, 0.3) is 0 Å². The maximum Gasteiger partial charge on any atom is 0.0485 e. The van der Waals surface area contributed by atoms with Crippen LogP contribution < -0.4 is 5.32 Å². The van der Waals surface area contributed by atoms with Crippen molar-refractivity contribution in [3.63, 3.8) is 0 Å². The van der Waals surface area contributed by atoms with Crippen LogP contribution in [0.5, 0.6) is 0 Å². The van der Waals surface area contributed by atoms with Gasteiger partial charge in [-0.05, 0) is 56.9 Å². The van der Waals surface area contributed by atoms with E-state index in [0.717, 1.165) is 19.1 Å². The SMILES string of the molecule is CCn1c(C)c(C)c2cc(CNC3CC3)ccc21. The van der Waals surface area contributed by atoms with Gasteiger partial charge in [0, 0.05) is 35.7 Å². The summed E-state index contributed by atoms with van der Waals surface area (Å²) in [5, 5.41) is 5.01. The van der Waals surface area contributed by atoms with Gasteiger partial charge in [0.15, 0.2) is 0 Å². The van der Waals surface area contributed by atoms with Crippen molar-refractivity contribution in [1.82, 2.24) is 9.88 Å². The summed E-state index contributed by atoms with van der Waals surface area (Å²) < 4.78 is 2.41. The van der Waals surface area contributed by atoms with Crippen LogP contribution in [0.15, 0.2) is 18.2 Å².